The van der Waals surface area contributed by atoms with E-state index in [4.69, 9.17) is 11.6 Å². The van der Waals surface area contributed by atoms with Gasteiger partial charge in [0.25, 0.3) is 0 Å². The van der Waals surface area contributed by atoms with Gasteiger partial charge < -0.3 is 0 Å². The molecule has 5 nitrogen and oxygen atoms in total. The summed E-state index contributed by atoms with van der Waals surface area (Å²) in [5.74, 6) is 0. The van der Waals surface area contributed by atoms with Crippen molar-refractivity contribution in [3.63, 3.8) is 0 Å². The van der Waals surface area contributed by atoms with Crippen LogP contribution in [0.4, 0.5) is 0 Å². The quantitative estimate of drug-likeness (QED) is 0.805. The number of rotatable bonds is 3. The van der Waals surface area contributed by atoms with Crippen molar-refractivity contribution < 1.29 is 8.42 Å². The maximum absolute atomic E-state index is 12.6. The molecule has 7 heteroatoms. The lowest BCUT2D eigenvalue weighted by atomic mass is 10.1. The zero-order valence-electron chi connectivity index (χ0n) is 10.9. The average Bonchev–Trinajstić information content (AvgIpc) is 2.64. The molecule has 106 valence electrons. The Bertz CT molecular complexity index is 518. The molecule has 1 saturated heterocycles. The summed E-state index contributed by atoms with van der Waals surface area (Å²) in [6.07, 6.45) is 7.38. The Labute approximate surface area is 119 Å². The van der Waals surface area contributed by atoms with Gasteiger partial charge in [-0.2, -0.15) is 4.31 Å². The largest absolute Gasteiger partial charge is 0.246 e. The van der Waals surface area contributed by atoms with Crippen LogP contribution in [0.1, 0.15) is 39.0 Å². The van der Waals surface area contributed by atoms with Crippen LogP contribution in [0.3, 0.4) is 0 Å². The summed E-state index contributed by atoms with van der Waals surface area (Å²) in [7, 11) is -3.51. The topological polar surface area (TPSA) is 63.2 Å². The van der Waals surface area contributed by atoms with Crippen molar-refractivity contribution in [2.75, 3.05) is 6.54 Å². The molecule has 0 saturated carbocycles. The van der Waals surface area contributed by atoms with Crippen LogP contribution < -0.4 is 0 Å². The molecule has 0 bridgehead atoms. The van der Waals surface area contributed by atoms with E-state index in [-0.39, 0.29) is 16.2 Å². The zero-order chi connectivity index (χ0) is 13.9. The third-order valence-electron chi connectivity index (χ3n) is 3.50. The van der Waals surface area contributed by atoms with Crippen molar-refractivity contribution >= 4 is 21.6 Å². The summed E-state index contributed by atoms with van der Waals surface area (Å²) >= 11 is 5.60. The molecule has 0 amide bonds. The predicted molar refractivity (Wildman–Crippen MR) is 73.5 cm³/mol. The van der Waals surface area contributed by atoms with Crippen molar-refractivity contribution in [2.24, 2.45) is 0 Å². The number of nitrogens with zero attached hydrogens (tertiary/aromatic N) is 3. The highest BCUT2D eigenvalue weighted by molar-refractivity contribution is 7.89. The summed E-state index contributed by atoms with van der Waals surface area (Å²) in [5.41, 5.74) is 0. The predicted octanol–water partition coefficient (Wildman–Crippen LogP) is 2.47. The standard InChI is InChI=1S/C12H18ClN3O2S/c1-2-10-6-4-3-5-7-16(10)19(17,18)11-8-14-12(13)15-9-11/h8-10H,2-7H2,1H3. The molecule has 0 spiro atoms. The Hall–Kier alpha value is -0.720. The van der Waals surface area contributed by atoms with Crippen LogP contribution >= 0.6 is 11.6 Å². The van der Waals surface area contributed by atoms with Gasteiger partial charge in [0.1, 0.15) is 4.90 Å². The molecule has 1 unspecified atom stereocenters. The highest BCUT2D eigenvalue weighted by Gasteiger charge is 2.31. The smallest absolute Gasteiger partial charge is 0.225 e. The van der Waals surface area contributed by atoms with Gasteiger partial charge in [0, 0.05) is 12.6 Å². The third-order valence-corrected chi connectivity index (χ3v) is 5.60. The van der Waals surface area contributed by atoms with Gasteiger partial charge in [0.05, 0.1) is 12.4 Å². The molecular weight excluding hydrogens is 286 g/mol. The van der Waals surface area contributed by atoms with E-state index in [1.165, 1.54) is 12.4 Å². The molecule has 1 aromatic heterocycles. The van der Waals surface area contributed by atoms with Crippen LogP contribution in [0.25, 0.3) is 0 Å². The molecule has 0 aromatic carbocycles. The molecule has 0 radical (unpaired) electrons. The number of hydrogen-bond donors (Lipinski definition) is 0. The fraction of sp³-hybridized carbons (Fsp3) is 0.667. The maximum atomic E-state index is 12.6. The van der Waals surface area contributed by atoms with Gasteiger partial charge in [-0.25, -0.2) is 18.4 Å². The first-order valence-electron chi connectivity index (χ1n) is 6.55. The Morgan fingerprint density at radius 3 is 2.63 bits per heavy atom. The van der Waals surface area contributed by atoms with E-state index >= 15 is 0 Å². The molecule has 2 rings (SSSR count). The summed E-state index contributed by atoms with van der Waals surface area (Å²) < 4.78 is 26.9. The first-order valence-corrected chi connectivity index (χ1v) is 8.37. The van der Waals surface area contributed by atoms with Gasteiger partial charge in [-0.15, -0.1) is 0 Å². The Balaban J connectivity index is 2.33. The fourth-order valence-corrected chi connectivity index (χ4v) is 4.20. The highest BCUT2D eigenvalue weighted by Crippen LogP contribution is 2.25. The molecule has 1 aromatic rings. The molecule has 1 aliphatic heterocycles. The summed E-state index contributed by atoms with van der Waals surface area (Å²) in [6, 6.07) is 0.0724. The lowest BCUT2D eigenvalue weighted by Crippen LogP contribution is -2.39. The van der Waals surface area contributed by atoms with E-state index in [0.717, 1.165) is 32.1 Å². The van der Waals surface area contributed by atoms with Crippen LogP contribution in [0.2, 0.25) is 5.28 Å². The van der Waals surface area contributed by atoms with Gasteiger partial charge >= 0.3 is 0 Å². The minimum absolute atomic E-state index is 0.0573. The van der Waals surface area contributed by atoms with Crippen LogP contribution in [-0.2, 0) is 10.0 Å². The minimum atomic E-state index is -3.51. The number of hydrogen-bond acceptors (Lipinski definition) is 4. The normalized spacial score (nSPS) is 22.1. The highest BCUT2D eigenvalue weighted by atomic mass is 35.5. The summed E-state index contributed by atoms with van der Waals surface area (Å²) in [4.78, 5) is 7.65. The molecule has 1 atom stereocenters. The molecule has 0 aliphatic carbocycles. The lowest BCUT2D eigenvalue weighted by molar-refractivity contribution is 0.315. The van der Waals surface area contributed by atoms with E-state index in [0.29, 0.717) is 6.54 Å². The zero-order valence-corrected chi connectivity index (χ0v) is 12.5. The van der Waals surface area contributed by atoms with E-state index < -0.39 is 10.0 Å². The Morgan fingerprint density at radius 1 is 1.32 bits per heavy atom. The number of sulfonamides is 1. The second kappa shape index (κ2) is 6.15. The maximum Gasteiger partial charge on any atom is 0.246 e. The SMILES string of the molecule is CCC1CCCCCN1S(=O)(=O)c1cnc(Cl)nc1. The second-order valence-corrected chi connectivity index (χ2v) is 6.94. The van der Waals surface area contributed by atoms with Gasteiger partial charge in [-0.1, -0.05) is 19.8 Å². The van der Waals surface area contributed by atoms with E-state index in [2.05, 4.69) is 9.97 Å². The lowest BCUT2D eigenvalue weighted by Gasteiger charge is -2.28. The molecule has 1 aliphatic rings. The van der Waals surface area contributed by atoms with Crippen molar-refractivity contribution in [2.45, 2.75) is 50.0 Å². The van der Waals surface area contributed by atoms with Crippen molar-refractivity contribution in [3.8, 4) is 0 Å². The monoisotopic (exact) mass is 303 g/mol. The van der Waals surface area contributed by atoms with Crippen LogP contribution in [0, 0.1) is 0 Å². The third kappa shape index (κ3) is 3.24. The van der Waals surface area contributed by atoms with Gasteiger partial charge in [-0.3, -0.25) is 0 Å². The van der Waals surface area contributed by atoms with Gasteiger partial charge in [0.2, 0.25) is 15.3 Å². The molecular formula is C12H18ClN3O2S. The van der Waals surface area contributed by atoms with Crippen LogP contribution in [0.5, 0.6) is 0 Å². The summed E-state index contributed by atoms with van der Waals surface area (Å²) in [6.45, 7) is 2.60. The van der Waals surface area contributed by atoms with E-state index in [9.17, 15) is 8.42 Å². The van der Waals surface area contributed by atoms with Gasteiger partial charge in [-0.05, 0) is 30.9 Å². The van der Waals surface area contributed by atoms with Crippen molar-refractivity contribution in [1.82, 2.24) is 14.3 Å². The van der Waals surface area contributed by atoms with E-state index in [1.807, 2.05) is 6.92 Å². The molecule has 19 heavy (non-hydrogen) atoms. The second-order valence-electron chi connectivity index (χ2n) is 4.71. The number of halogens is 1. The Morgan fingerprint density at radius 2 is 2.00 bits per heavy atom. The molecule has 1 fully saturated rings. The van der Waals surface area contributed by atoms with Crippen LogP contribution in [-0.4, -0.2) is 35.3 Å². The Kier molecular flexibility index (Phi) is 4.76. The van der Waals surface area contributed by atoms with Crippen LogP contribution in [0.15, 0.2) is 17.3 Å². The minimum Gasteiger partial charge on any atom is -0.225 e. The molecule has 2 heterocycles. The van der Waals surface area contributed by atoms with Crippen molar-refractivity contribution in [3.05, 3.63) is 17.7 Å². The van der Waals surface area contributed by atoms with Crippen molar-refractivity contribution in [1.29, 1.82) is 0 Å². The first-order chi connectivity index (χ1) is 9.05. The first kappa shape index (κ1) is 14.7. The fourth-order valence-electron chi connectivity index (χ4n) is 2.44. The summed E-state index contributed by atoms with van der Waals surface area (Å²) in [5, 5.41) is 0.0573. The average molecular weight is 304 g/mol. The molecule has 0 N–H and O–H groups in total. The number of aromatic nitrogens is 2. The van der Waals surface area contributed by atoms with E-state index in [1.54, 1.807) is 4.31 Å². The van der Waals surface area contributed by atoms with Gasteiger partial charge in [0.15, 0.2) is 0 Å².